The minimum absolute atomic E-state index is 0. The Morgan fingerprint density at radius 2 is 2.04 bits per heavy atom. The number of hydrogen-bond donors (Lipinski definition) is 1. The summed E-state index contributed by atoms with van der Waals surface area (Å²) in [7, 11) is 0. The van der Waals surface area contributed by atoms with Gasteiger partial charge < -0.3 is 14.9 Å². The van der Waals surface area contributed by atoms with E-state index in [4.69, 9.17) is 26.5 Å². The Kier molecular flexibility index (Phi) is 4.73. The van der Waals surface area contributed by atoms with Crippen molar-refractivity contribution >= 4 is 40.9 Å². The molecule has 5 nitrogen and oxygen atoms in total. The molecule has 4 rings (SSSR count). The number of ether oxygens (including phenoxy) is 1. The van der Waals surface area contributed by atoms with Crippen LogP contribution in [0.25, 0.3) is 22.6 Å². The maximum absolute atomic E-state index is 6.00. The summed E-state index contributed by atoms with van der Waals surface area (Å²) in [4.78, 5) is 9.11. The molecule has 0 spiro atoms. The molecule has 0 saturated carbocycles. The molecule has 1 aromatic heterocycles. The van der Waals surface area contributed by atoms with Crippen LogP contribution in [0, 0.1) is 0 Å². The molecule has 3 aromatic rings. The summed E-state index contributed by atoms with van der Waals surface area (Å²) < 4.78 is 11.4. The van der Waals surface area contributed by atoms with Gasteiger partial charge in [0.1, 0.15) is 23.5 Å². The first-order valence-electron chi connectivity index (χ1n) is 7.62. The van der Waals surface area contributed by atoms with E-state index in [0.29, 0.717) is 35.5 Å². The van der Waals surface area contributed by atoms with Gasteiger partial charge in [0.25, 0.3) is 0 Å². The van der Waals surface area contributed by atoms with E-state index >= 15 is 0 Å². The number of amidine groups is 1. The molecule has 130 valence electrons. The Labute approximate surface area is 156 Å². The number of benzene rings is 2. The fourth-order valence-electron chi connectivity index (χ4n) is 2.89. The van der Waals surface area contributed by atoms with Crippen LogP contribution in [0.5, 0.6) is 0 Å². The maximum atomic E-state index is 6.00. The van der Waals surface area contributed by atoms with Gasteiger partial charge in [-0.1, -0.05) is 23.7 Å². The third-order valence-corrected chi connectivity index (χ3v) is 4.34. The summed E-state index contributed by atoms with van der Waals surface area (Å²) in [6.07, 6.45) is 0. The van der Waals surface area contributed by atoms with Gasteiger partial charge in [0.2, 0.25) is 5.89 Å². The predicted molar refractivity (Wildman–Crippen MR) is 101 cm³/mol. The first-order chi connectivity index (χ1) is 11.5. The summed E-state index contributed by atoms with van der Waals surface area (Å²) in [5, 5.41) is 0.621. The van der Waals surface area contributed by atoms with E-state index < -0.39 is 5.54 Å². The molecule has 25 heavy (non-hydrogen) atoms. The van der Waals surface area contributed by atoms with Crippen LogP contribution >= 0.6 is 24.0 Å². The molecule has 1 unspecified atom stereocenters. The second-order valence-corrected chi connectivity index (χ2v) is 6.52. The SMILES string of the molecule is CC1(c2cccc(-c3nc4ccc(Cl)cc4o3)c2)COCC(N)=N1.Cl. The van der Waals surface area contributed by atoms with Crippen molar-refractivity contribution < 1.29 is 9.15 Å². The molecule has 0 aliphatic carbocycles. The van der Waals surface area contributed by atoms with Gasteiger partial charge in [-0.25, -0.2) is 4.98 Å². The molecule has 2 aromatic carbocycles. The van der Waals surface area contributed by atoms with Crippen molar-refractivity contribution in [2.45, 2.75) is 12.5 Å². The minimum Gasteiger partial charge on any atom is -0.436 e. The van der Waals surface area contributed by atoms with Crippen molar-refractivity contribution in [3.63, 3.8) is 0 Å². The van der Waals surface area contributed by atoms with Gasteiger partial charge in [-0.15, -0.1) is 12.4 Å². The number of nitrogens with zero attached hydrogens (tertiary/aromatic N) is 2. The first-order valence-corrected chi connectivity index (χ1v) is 8.00. The van der Waals surface area contributed by atoms with Crippen LogP contribution in [0.15, 0.2) is 51.9 Å². The van der Waals surface area contributed by atoms with Gasteiger partial charge in [-0.05, 0) is 36.8 Å². The molecule has 2 heterocycles. The van der Waals surface area contributed by atoms with Crippen molar-refractivity contribution in [3.8, 4) is 11.5 Å². The van der Waals surface area contributed by atoms with E-state index in [2.05, 4.69) is 9.98 Å². The Morgan fingerprint density at radius 3 is 2.84 bits per heavy atom. The molecule has 0 saturated heterocycles. The lowest BCUT2D eigenvalue weighted by Crippen LogP contribution is -2.37. The van der Waals surface area contributed by atoms with Gasteiger partial charge in [0.15, 0.2) is 5.58 Å². The number of aliphatic imine (C=N–C) groups is 1. The average molecular weight is 378 g/mol. The molecule has 0 bridgehead atoms. The summed E-state index contributed by atoms with van der Waals surface area (Å²) >= 11 is 6.00. The fraction of sp³-hybridized carbons (Fsp3) is 0.222. The molecule has 0 fully saturated rings. The van der Waals surface area contributed by atoms with E-state index in [1.165, 1.54) is 0 Å². The van der Waals surface area contributed by atoms with E-state index in [1.807, 2.05) is 37.3 Å². The van der Waals surface area contributed by atoms with Gasteiger partial charge in [0, 0.05) is 16.7 Å². The second-order valence-electron chi connectivity index (χ2n) is 6.08. The third-order valence-electron chi connectivity index (χ3n) is 4.11. The highest BCUT2D eigenvalue weighted by atomic mass is 35.5. The Hall–Kier alpha value is -2.08. The van der Waals surface area contributed by atoms with E-state index in [-0.39, 0.29) is 12.4 Å². The molecular formula is C18H17Cl2N3O2. The number of hydrogen-bond acceptors (Lipinski definition) is 5. The van der Waals surface area contributed by atoms with Crippen LogP contribution < -0.4 is 5.73 Å². The van der Waals surface area contributed by atoms with Crippen LogP contribution in [-0.4, -0.2) is 24.0 Å². The quantitative estimate of drug-likeness (QED) is 0.726. The molecule has 0 radical (unpaired) electrons. The molecule has 1 aliphatic rings. The summed E-state index contributed by atoms with van der Waals surface area (Å²) in [6.45, 7) is 2.87. The Balaban J connectivity index is 0.00000182. The first kappa shape index (κ1) is 17.7. The second kappa shape index (κ2) is 6.67. The summed E-state index contributed by atoms with van der Waals surface area (Å²) in [6, 6.07) is 13.3. The van der Waals surface area contributed by atoms with Crippen molar-refractivity contribution in [2.24, 2.45) is 10.7 Å². The van der Waals surface area contributed by atoms with E-state index in [9.17, 15) is 0 Å². The number of oxazole rings is 1. The zero-order valence-electron chi connectivity index (χ0n) is 13.5. The van der Waals surface area contributed by atoms with Crippen LogP contribution in [0.2, 0.25) is 5.02 Å². The Bertz CT molecular complexity index is 954. The van der Waals surface area contributed by atoms with Crippen LogP contribution in [0.1, 0.15) is 12.5 Å². The van der Waals surface area contributed by atoms with Crippen molar-refractivity contribution in [3.05, 3.63) is 53.1 Å². The minimum atomic E-state index is -0.506. The number of fused-ring (bicyclic) bond motifs is 1. The molecule has 7 heteroatoms. The predicted octanol–water partition coefficient (Wildman–Crippen LogP) is 4.17. The lowest BCUT2D eigenvalue weighted by atomic mass is 9.91. The monoisotopic (exact) mass is 377 g/mol. The zero-order chi connectivity index (χ0) is 16.7. The van der Waals surface area contributed by atoms with Gasteiger partial charge in [-0.3, -0.25) is 4.99 Å². The normalized spacial score (nSPS) is 20.2. The number of nitrogens with two attached hydrogens (primary N) is 1. The third kappa shape index (κ3) is 3.35. The molecule has 1 aliphatic heterocycles. The zero-order valence-corrected chi connectivity index (χ0v) is 15.1. The van der Waals surface area contributed by atoms with Crippen molar-refractivity contribution in [1.82, 2.24) is 4.98 Å². The Morgan fingerprint density at radius 1 is 1.20 bits per heavy atom. The lowest BCUT2D eigenvalue weighted by Gasteiger charge is -2.30. The van der Waals surface area contributed by atoms with E-state index in [0.717, 1.165) is 16.6 Å². The number of halogens is 2. The maximum Gasteiger partial charge on any atom is 0.227 e. The van der Waals surface area contributed by atoms with Gasteiger partial charge in [-0.2, -0.15) is 0 Å². The highest BCUT2D eigenvalue weighted by Gasteiger charge is 2.30. The molecule has 1 atom stereocenters. The summed E-state index contributed by atoms with van der Waals surface area (Å²) in [5.74, 6) is 1.05. The fourth-order valence-corrected chi connectivity index (χ4v) is 3.05. The largest absolute Gasteiger partial charge is 0.436 e. The van der Waals surface area contributed by atoms with Crippen LogP contribution in [0.3, 0.4) is 0 Å². The molecule has 0 amide bonds. The highest BCUT2D eigenvalue weighted by molar-refractivity contribution is 6.31. The van der Waals surface area contributed by atoms with Gasteiger partial charge >= 0.3 is 0 Å². The van der Waals surface area contributed by atoms with Crippen LogP contribution in [-0.2, 0) is 10.3 Å². The smallest absolute Gasteiger partial charge is 0.227 e. The van der Waals surface area contributed by atoms with E-state index in [1.54, 1.807) is 12.1 Å². The van der Waals surface area contributed by atoms with Crippen molar-refractivity contribution in [2.75, 3.05) is 13.2 Å². The van der Waals surface area contributed by atoms with Gasteiger partial charge in [0.05, 0.1) is 6.61 Å². The van der Waals surface area contributed by atoms with Crippen molar-refractivity contribution in [1.29, 1.82) is 0 Å². The standard InChI is InChI=1S/C18H16ClN3O2.ClH/c1-18(10-23-9-16(20)22-18)12-4-2-3-11(7-12)17-21-14-6-5-13(19)8-15(14)24-17;/h2-8H,9-10H2,1H3,(H2,20,22);1H. The number of aromatic nitrogens is 1. The summed E-state index contributed by atoms with van der Waals surface area (Å²) in [5.41, 5.74) is 8.65. The average Bonchev–Trinajstić information content (AvgIpc) is 2.98. The lowest BCUT2D eigenvalue weighted by molar-refractivity contribution is 0.106. The highest BCUT2D eigenvalue weighted by Crippen LogP contribution is 2.32. The van der Waals surface area contributed by atoms with Crippen LogP contribution in [0.4, 0.5) is 0 Å². The number of rotatable bonds is 2. The molecule has 2 N–H and O–H groups in total. The topological polar surface area (TPSA) is 73.6 Å². The molecular weight excluding hydrogens is 361 g/mol.